The molecule has 11 heteroatoms. The first kappa shape index (κ1) is 23.0. The van der Waals surface area contributed by atoms with E-state index in [-0.39, 0.29) is 29.6 Å². The number of amides is 1. The Kier molecular flexibility index (Phi) is 8.27. The number of thiazole rings is 1. The van der Waals surface area contributed by atoms with Gasteiger partial charge in [-0.2, -0.15) is 0 Å². The van der Waals surface area contributed by atoms with Gasteiger partial charge in [-0.05, 0) is 32.4 Å². The number of aliphatic imine (C=N–C) groups is 1. The molecule has 3 heterocycles. The number of β-amino-alcohol motifs (C(OH)–C–C–N with tert-alkyl or cyclic N) is 1. The Balaban J connectivity index is 1.44. The molecule has 31 heavy (non-hydrogen) atoms. The normalized spacial score (nSPS) is 19.5. The summed E-state index contributed by atoms with van der Waals surface area (Å²) in [5.41, 5.74) is 0.283. The summed E-state index contributed by atoms with van der Waals surface area (Å²) < 4.78 is 13.9. The molecule has 0 aromatic carbocycles. The quantitative estimate of drug-likeness (QED) is 0.319. The molecule has 0 bridgehead atoms. The van der Waals surface area contributed by atoms with Gasteiger partial charge in [0, 0.05) is 38.6 Å². The Morgan fingerprint density at radius 2 is 2.39 bits per heavy atom. The SMILES string of the molecule is CCN(/C=N\C(C)Nc1ncc(-c2ncccc2F)s1)CCNC(=O)[C@@H]1C[C@@H](O)CN1. The van der Waals surface area contributed by atoms with Crippen LogP contribution in [0.25, 0.3) is 10.6 Å². The maximum Gasteiger partial charge on any atom is 0.237 e. The van der Waals surface area contributed by atoms with E-state index in [4.69, 9.17) is 0 Å². The summed E-state index contributed by atoms with van der Waals surface area (Å²) in [7, 11) is 0. The second-order valence-electron chi connectivity index (χ2n) is 7.22. The molecule has 0 spiro atoms. The number of likely N-dealkylation sites (N-methyl/N-ethyl adjacent to an activating group) is 1. The topological polar surface area (TPSA) is 115 Å². The Labute approximate surface area is 184 Å². The van der Waals surface area contributed by atoms with E-state index in [1.165, 1.54) is 17.4 Å². The van der Waals surface area contributed by atoms with Gasteiger partial charge >= 0.3 is 0 Å². The van der Waals surface area contributed by atoms with Crippen molar-refractivity contribution in [2.24, 2.45) is 4.99 Å². The Morgan fingerprint density at radius 1 is 1.55 bits per heavy atom. The van der Waals surface area contributed by atoms with Gasteiger partial charge in [0.15, 0.2) is 5.13 Å². The Bertz CT molecular complexity index is 894. The number of anilines is 1. The molecule has 0 aliphatic carbocycles. The maximum absolute atomic E-state index is 13.9. The van der Waals surface area contributed by atoms with Gasteiger partial charge < -0.3 is 26.0 Å². The van der Waals surface area contributed by atoms with Crippen LogP contribution < -0.4 is 16.0 Å². The van der Waals surface area contributed by atoms with E-state index in [1.807, 2.05) is 18.7 Å². The van der Waals surface area contributed by atoms with E-state index in [0.29, 0.717) is 36.1 Å². The van der Waals surface area contributed by atoms with Crippen molar-refractivity contribution in [1.29, 1.82) is 0 Å². The van der Waals surface area contributed by atoms with Crippen LogP contribution in [0.4, 0.5) is 9.52 Å². The lowest BCUT2D eigenvalue weighted by Crippen LogP contribution is -2.43. The van der Waals surface area contributed by atoms with E-state index in [0.717, 1.165) is 6.54 Å². The third kappa shape index (κ3) is 6.68. The minimum absolute atomic E-state index is 0.0940. The maximum atomic E-state index is 13.9. The molecule has 1 amide bonds. The van der Waals surface area contributed by atoms with Gasteiger partial charge in [-0.15, -0.1) is 0 Å². The third-order valence-electron chi connectivity index (χ3n) is 4.81. The summed E-state index contributed by atoms with van der Waals surface area (Å²) in [5, 5.41) is 19.2. The summed E-state index contributed by atoms with van der Waals surface area (Å²) in [4.78, 5) is 27.5. The monoisotopic (exact) mass is 449 g/mol. The van der Waals surface area contributed by atoms with Gasteiger partial charge in [-0.1, -0.05) is 11.3 Å². The van der Waals surface area contributed by atoms with Crippen LogP contribution in [0.1, 0.15) is 20.3 Å². The second kappa shape index (κ2) is 11.1. The summed E-state index contributed by atoms with van der Waals surface area (Å²) in [5.74, 6) is -0.474. The van der Waals surface area contributed by atoms with Crippen LogP contribution >= 0.6 is 11.3 Å². The first-order valence-electron chi connectivity index (χ1n) is 10.3. The minimum Gasteiger partial charge on any atom is -0.392 e. The van der Waals surface area contributed by atoms with Gasteiger partial charge in [-0.25, -0.2) is 9.37 Å². The van der Waals surface area contributed by atoms with Crippen molar-refractivity contribution in [3.8, 4) is 10.6 Å². The van der Waals surface area contributed by atoms with Gasteiger partial charge in [-0.3, -0.25) is 14.8 Å². The first-order chi connectivity index (χ1) is 15.0. The molecule has 1 aliphatic heterocycles. The smallest absolute Gasteiger partial charge is 0.237 e. The van der Waals surface area contributed by atoms with Crippen LogP contribution in [-0.4, -0.2) is 76.7 Å². The van der Waals surface area contributed by atoms with Crippen LogP contribution in [-0.2, 0) is 4.79 Å². The van der Waals surface area contributed by atoms with Gasteiger partial charge in [0.1, 0.15) is 17.7 Å². The summed E-state index contributed by atoms with van der Waals surface area (Å²) in [6.07, 6.45) is 4.64. The lowest BCUT2D eigenvalue weighted by atomic mass is 10.2. The fraction of sp³-hybridized carbons (Fsp3) is 0.500. The standard InChI is InChI=1S/C20H28FN7O2S/c1-3-28(8-7-23-19(30)16-9-14(29)10-24-16)12-26-13(2)27-20-25-11-17(31-20)18-15(21)5-4-6-22-18/h4-6,11-14,16,24,29H,3,7-10H2,1-2H3,(H,23,30)(H,25,27)/b26-12-/t13?,14-,16+/m1/s1. The number of nitrogens with zero attached hydrogens (tertiary/aromatic N) is 4. The molecule has 0 saturated carbocycles. The van der Waals surface area contributed by atoms with Crippen molar-refractivity contribution in [2.45, 2.75) is 38.6 Å². The molecule has 1 aliphatic rings. The molecule has 9 nitrogen and oxygen atoms in total. The minimum atomic E-state index is -0.457. The highest BCUT2D eigenvalue weighted by Gasteiger charge is 2.27. The molecule has 4 N–H and O–H groups in total. The predicted molar refractivity (Wildman–Crippen MR) is 120 cm³/mol. The number of hydrogen-bond donors (Lipinski definition) is 4. The van der Waals surface area contributed by atoms with Crippen molar-refractivity contribution < 1.29 is 14.3 Å². The molecular weight excluding hydrogens is 421 g/mol. The highest BCUT2D eigenvalue weighted by atomic mass is 32.1. The van der Waals surface area contributed by atoms with E-state index in [2.05, 4.69) is 30.9 Å². The number of rotatable bonds is 10. The molecule has 2 aromatic rings. The van der Waals surface area contributed by atoms with Crippen molar-refractivity contribution in [3.63, 3.8) is 0 Å². The summed E-state index contributed by atoms with van der Waals surface area (Å²) in [6, 6.07) is 2.60. The Morgan fingerprint density at radius 3 is 3.10 bits per heavy atom. The first-order valence-corrected chi connectivity index (χ1v) is 11.1. The fourth-order valence-electron chi connectivity index (χ4n) is 3.09. The number of hydrogen-bond acceptors (Lipinski definition) is 8. The number of carbonyl (C=O) groups excluding carboxylic acids is 1. The fourth-order valence-corrected chi connectivity index (χ4v) is 3.98. The summed E-state index contributed by atoms with van der Waals surface area (Å²) >= 11 is 1.31. The largest absolute Gasteiger partial charge is 0.392 e. The number of halogens is 1. The molecule has 3 rings (SSSR count). The van der Waals surface area contributed by atoms with Crippen LogP contribution in [0.5, 0.6) is 0 Å². The number of aliphatic hydroxyl groups is 1. The van der Waals surface area contributed by atoms with Crippen molar-refractivity contribution in [3.05, 3.63) is 30.3 Å². The van der Waals surface area contributed by atoms with E-state index >= 15 is 0 Å². The molecule has 1 fully saturated rings. The zero-order valence-corrected chi connectivity index (χ0v) is 18.4. The average Bonchev–Trinajstić information content (AvgIpc) is 3.40. The zero-order valence-electron chi connectivity index (χ0n) is 17.6. The van der Waals surface area contributed by atoms with Crippen molar-refractivity contribution >= 4 is 28.7 Å². The molecular formula is C20H28FN7O2S. The number of nitrogens with one attached hydrogen (secondary N) is 3. The lowest BCUT2D eigenvalue weighted by Gasteiger charge is -2.19. The van der Waals surface area contributed by atoms with Crippen LogP contribution in [0.3, 0.4) is 0 Å². The molecule has 168 valence electrons. The van der Waals surface area contributed by atoms with Gasteiger partial charge in [0.05, 0.1) is 23.4 Å². The lowest BCUT2D eigenvalue weighted by molar-refractivity contribution is -0.122. The third-order valence-corrected chi connectivity index (χ3v) is 5.75. The number of aliphatic hydroxyl groups excluding tert-OH is 1. The molecule has 1 unspecified atom stereocenters. The van der Waals surface area contributed by atoms with Crippen LogP contribution in [0.15, 0.2) is 29.5 Å². The molecule has 0 radical (unpaired) electrons. The van der Waals surface area contributed by atoms with Gasteiger partial charge in [0.2, 0.25) is 5.91 Å². The van der Waals surface area contributed by atoms with Crippen molar-refractivity contribution in [1.82, 2.24) is 25.5 Å². The average molecular weight is 450 g/mol. The zero-order chi connectivity index (χ0) is 22.2. The molecule has 1 saturated heterocycles. The Hall–Kier alpha value is -2.63. The van der Waals surface area contributed by atoms with Gasteiger partial charge in [0.25, 0.3) is 0 Å². The highest BCUT2D eigenvalue weighted by molar-refractivity contribution is 7.18. The summed E-state index contributed by atoms with van der Waals surface area (Å²) in [6.45, 7) is 6.20. The molecule has 3 atom stereocenters. The van der Waals surface area contributed by atoms with E-state index < -0.39 is 6.10 Å². The second-order valence-corrected chi connectivity index (χ2v) is 8.25. The van der Waals surface area contributed by atoms with Crippen molar-refractivity contribution in [2.75, 3.05) is 31.5 Å². The number of aromatic nitrogens is 2. The van der Waals surface area contributed by atoms with Crippen LogP contribution in [0.2, 0.25) is 0 Å². The van der Waals surface area contributed by atoms with E-state index in [1.54, 1.807) is 24.8 Å². The molecule has 2 aromatic heterocycles. The number of carbonyl (C=O) groups is 1. The number of pyridine rings is 1. The highest BCUT2D eigenvalue weighted by Crippen LogP contribution is 2.29. The van der Waals surface area contributed by atoms with E-state index in [9.17, 15) is 14.3 Å². The van der Waals surface area contributed by atoms with Crippen LogP contribution in [0, 0.1) is 5.82 Å². The predicted octanol–water partition coefficient (Wildman–Crippen LogP) is 1.29.